The Bertz CT molecular complexity index is 490. The molecule has 0 heterocycles. The molecule has 0 saturated carbocycles. The Morgan fingerprint density at radius 3 is 0.780 bits per heavy atom. The van der Waals surface area contributed by atoms with Crippen LogP contribution in [-0.4, -0.2) is 0 Å². The maximum Gasteiger partial charge on any atom is -0.0323 e. The monoisotopic (exact) mass is 573 g/mol. The summed E-state index contributed by atoms with van der Waals surface area (Å²) in [6.45, 7) is 9.34. The molecule has 0 atom stereocenters. The average molecular weight is 573 g/mol. The first-order valence-electron chi connectivity index (χ1n) is 19.5. The van der Waals surface area contributed by atoms with Gasteiger partial charge >= 0.3 is 0 Å². The molecule has 0 N–H and O–H groups in total. The summed E-state index contributed by atoms with van der Waals surface area (Å²) in [7, 11) is 0. The molecule has 0 amide bonds. The van der Waals surface area contributed by atoms with Gasteiger partial charge in [0.05, 0.1) is 0 Å². The number of hydrogen-bond acceptors (Lipinski definition) is 0. The van der Waals surface area contributed by atoms with E-state index in [-0.39, 0.29) is 0 Å². The predicted molar refractivity (Wildman–Crippen MR) is 191 cm³/mol. The van der Waals surface area contributed by atoms with Crippen molar-refractivity contribution in [3.63, 3.8) is 0 Å². The van der Waals surface area contributed by atoms with Gasteiger partial charge in [-0.15, -0.1) is 0 Å². The van der Waals surface area contributed by atoms with Crippen molar-refractivity contribution in [2.45, 2.75) is 240 Å². The van der Waals surface area contributed by atoms with Crippen LogP contribution in [0.3, 0.4) is 0 Å². The van der Waals surface area contributed by atoms with Gasteiger partial charge in [0.2, 0.25) is 0 Å². The Balaban J connectivity index is 3.36. The fraction of sp³-hybridized carbons (Fsp3) is 0.902. The largest absolute Gasteiger partial charge is 0.0856 e. The number of allylic oxidation sites excluding steroid dienone is 4. The van der Waals surface area contributed by atoms with E-state index < -0.39 is 0 Å². The van der Waals surface area contributed by atoms with Crippen LogP contribution in [0, 0.1) is 0 Å². The van der Waals surface area contributed by atoms with Crippen LogP contribution in [0.1, 0.15) is 240 Å². The molecular weight excluding hydrogens is 492 g/mol. The number of hydrogen-bond donors (Lipinski definition) is 0. The molecule has 0 aliphatic rings. The highest BCUT2D eigenvalue weighted by Gasteiger charge is 1.97. The molecule has 0 aromatic carbocycles. The first-order chi connectivity index (χ1) is 20.2. The van der Waals surface area contributed by atoms with Gasteiger partial charge in [0.1, 0.15) is 0 Å². The van der Waals surface area contributed by atoms with Gasteiger partial charge in [0, 0.05) is 0 Å². The molecule has 0 spiro atoms. The molecule has 0 aliphatic heterocycles. The lowest BCUT2D eigenvalue weighted by atomic mass is 10.0. The average Bonchev–Trinajstić information content (AvgIpc) is 2.97. The normalized spacial score (nSPS) is 12.5. The van der Waals surface area contributed by atoms with Crippen molar-refractivity contribution >= 4 is 0 Å². The van der Waals surface area contributed by atoms with Crippen molar-refractivity contribution < 1.29 is 0 Å². The quantitative estimate of drug-likeness (QED) is 0.0531. The smallest absolute Gasteiger partial charge is 0.0323 e. The topological polar surface area (TPSA) is 0 Å². The molecule has 0 fully saturated rings. The molecule has 0 saturated heterocycles. The van der Waals surface area contributed by atoms with Gasteiger partial charge in [-0.2, -0.15) is 0 Å². The highest BCUT2D eigenvalue weighted by Crippen LogP contribution is 2.17. The van der Waals surface area contributed by atoms with E-state index >= 15 is 0 Å². The van der Waals surface area contributed by atoms with E-state index in [4.69, 9.17) is 0 Å². The van der Waals surface area contributed by atoms with Crippen molar-refractivity contribution in [2.75, 3.05) is 0 Å². The van der Waals surface area contributed by atoms with Crippen molar-refractivity contribution in [2.24, 2.45) is 0 Å². The van der Waals surface area contributed by atoms with E-state index in [9.17, 15) is 0 Å². The molecule has 0 aliphatic carbocycles. The predicted octanol–water partition coefficient (Wildman–Crippen LogP) is 15.8. The summed E-state index contributed by atoms with van der Waals surface area (Å²) in [6, 6.07) is 0. The van der Waals surface area contributed by atoms with Gasteiger partial charge in [-0.25, -0.2) is 0 Å². The fourth-order valence-corrected chi connectivity index (χ4v) is 6.21. The Hall–Kier alpha value is -0.520. The number of unbranched alkanes of at least 4 members (excludes halogenated alkanes) is 28. The van der Waals surface area contributed by atoms with Gasteiger partial charge in [-0.1, -0.05) is 198 Å². The maximum atomic E-state index is 2.54. The Kier molecular flexibility index (Phi) is 35.2. The van der Waals surface area contributed by atoms with Gasteiger partial charge < -0.3 is 0 Å². The van der Waals surface area contributed by atoms with Gasteiger partial charge in [0.25, 0.3) is 0 Å². The third kappa shape index (κ3) is 35.6. The second-order valence-corrected chi connectivity index (χ2v) is 13.7. The molecule has 41 heavy (non-hydrogen) atoms. The molecule has 0 heteroatoms. The standard InChI is InChI=1S/C41H80/c1-5-7-9-11-13-15-17-19-21-24-28-32-36-40(3)38-34-30-26-23-27-31-35-39-41(4)37-33-29-25-22-20-18-16-14-12-10-8-6-2/h38-39H,5-37H2,1-4H3. The zero-order valence-electron chi connectivity index (χ0n) is 29.5. The lowest BCUT2D eigenvalue weighted by Crippen LogP contribution is -1.85. The summed E-state index contributed by atoms with van der Waals surface area (Å²) >= 11 is 0. The van der Waals surface area contributed by atoms with Crippen LogP contribution in [-0.2, 0) is 0 Å². The van der Waals surface area contributed by atoms with E-state index in [0.717, 1.165) is 0 Å². The van der Waals surface area contributed by atoms with E-state index in [0.29, 0.717) is 0 Å². The van der Waals surface area contributed by atoms with E-state index in [2.05, 4.69) is 39.8 Å². The molecule has 0 aromatic heterocycles. The van der Waals surface area contributed by atoms with E-state index in [1.165, 1.54) is 212 Å². The number of rotatable bonds is 34. The molecule has 0 unspecified atom stereocenters. The van der Waals surface area contributed by atoms with Crippen molar-refractivity contribution in [3.8, 4) is 0 Å². The second kappa shape index (κ2) is 35.7. The Morgan fingerprint density at radius 1 is 0.293 bits per heavy atom. The summed E-state index contributed by atoms with van der Waals surface area (Å²) in [4.78, 5) is 0. The summed E-state index contributed by atoms with van der Waals surface area (Å²) in [5.74, 6) is 0. The highest BCUT2D eigenvalue weighted by atomic mass is 14.0. The maximum absolute atomic E-state index is 2.54. The van der Waals surface area contributed by atoms with Crippen LogP contribution in [0.15, 0.2) is 23.3 Å². The zero-order valence-corrected chi connectivity index (χ0v) is 29.5. The summed E-state index contributed by atoms with van der Waals surface area (Å²) in [6.07, 6.45) is 52.2. The second-order valence-electron chi connectivity index (χ2n) is 13.7. The molecule has 0 rings (SSSR count). The third-order valence-corrected chi connectivity index (χ3v) is 9.24. The van der Waals surface area contributed by atoms with Gasteiger partial charge in [0.15, 0.2) is 0 Å². The highest BCUT2D eigenvalue weighted by molar-refractivity contribution is 4.98. The first-order valence-corrected chi connectivity index (χ1v) is 19.5. The summed E-state index contributed by atoms with van der Waals surface area (Å²) < 4.78 is 0. The molecule has 0 radical (unpaired) electrons. The minimum Gasteiger partial charge on any atom is -0.0856 e. The van der Waals surface area contributed by atoms with Gasteiger partial charge in [-0.3, -0.25) is 0 Å². The van der Waals surface area contributed by atoms with E-state index in [1.54, 1.807) is 11.1 Å². The van der Waals surface area contributed by atoms with Gasteiger partial charge in [-0.05, 0) is 65.2 Å². The van der Waals surface area contributed by atoms with Crippen LogP contribution in [0.4, 0.5) is 0 Å². The van der Waals surface area contributed by atoms with Crippen LogP contribution in [0.25, 0.3) is 0 Å². The van der Waals surface area contributed by atoms with Crippen molar-refractivity contribution in [1.82, 2.24) is 0 Å². The molecule has 0 nitrogen and oxygen atoms in total. The Labute approximate surface area is 262 Å². The van der Waals surface area contributed by atoms with Crippen LogP contribution < -0.4 is 0 Å². The van der Waals surface area contributed by atoms with Crippen molar-refractivity contribution in [3.05, 3.63) is 23.3 Å². The van der Waals surface area contributed by atoms with E-state index in [1.807, 2.05) is 0 Å². The lowest BCUT2D eigenvalue weighted by Gasteiger charge is -2.05. The SMILES string of the molecule is CCCCCCCCCCCCCCC(C)=CCCCCCCCC=C(C)CCCCCCCCCCCCCC. The van der Waals surface area contributed by atoms with Crippen LogP contribution in [0.5, 0.6) is 0 Å². The van der Waals surface area contributed by atoms with Crippen LogP contribution >= 0.6 is 0 Å². The summed E-state index contributed by atoms with van der Waals surface area (Å²) in [5, 5.41) is 0. The minimum atomic E-state index is 1.31. The van der Waals surface area contributed by atoms with Crippen molar-refractivity contribution in [1.29, 1.82) is 0 Å². The summed E-state index contributed by atoms with van der Waals surface area (Å²) in [5.41, 5.74) is 3.29. The zero-order chi connectivity index (χ0) is 29.9. The lowest BCUT2D eigenvalue weighted by molar-refractivity contribution is 0.543. The fourth-order valence-electron chi connectivity index (χ4n) is 6.21. The third-order valence-electron chi connectivity index (χ3n) is 9.24. The first kappa shape index (κ1) is 40.5. The Morgan fingerprint density at radius 2 is 0.512 bits per heavy atom. The molecular formula is C41H80. The minimum absolute atomic E-state index is 1.31. The molecule has 0 aromatic rings. The van der Waals surface area contributed by atoms with Crippen LogP contribution in [0.2, 0.25) is 0 Å². The molecule has 0 bridgehead atoms. The molecule has 244 valence electrons.